The molecule has 8 rings (SSSR count). The number of carboxylic acids is 4. The molecule has 48 heavy (non-hydrogen) atoms. The van der Waals surface area contributed by atoms with Crippen molar-refractivity contribution in [1.82, 2.24) is 0 Å². The number of hydrogen-bond acceptors (Lipinski definition) is 6. The fraction of sp³-hybridized carbons (Fsp3) is 0.263. The summed E-state index contributed by atoms with van der Waals surface area (Å²) in [6.45, 7) is 0. The molecule has 0 spiro atoms. The summed E-state index contributed by atoms with van der Waals surface area (Å²) in [6, 6.07) is 23.7. The third kappa shape index (κ3) is 5.53. The van der Waals surface area contributed by atoms with Gasteiger partial charge in [0.2, 0.25) is 0 Å². The highest BCUT2D eigenvalue weighted by atomic mass is 16.5. The van der Waals surface area contributed by atoms with E-state index in [2.05, 4.69) is 24.3 Å². The summed E-state index contributed by atoms with van der Waals surface area (Å²) in [7, 11) is 0. The van der Waals surface area contributed by atoms with Crippen molar-refractivity contribution in [2.45, 2.75) is 49.4 Å². The van der Waals surface area contributed by atoms with Crippen molar-refractivity contribution in [3.63, 3.8) is 0 Å². The lowest BCUT2D eigenvalue weighted by Crippen LogP contribution is -2.55. The molecule has 4 aromatic rings. The van der Waals surface area contributed by atoms with Gasteiger partial charge in [0.1, 0.15) is 23.0 Å². The second-order valence-electron chi connectivity index (χ2n) is 13.4. The van der Waals surface area contributed by atoms with Gasteiger partial charge in [0, 0.05) is 0 Å². The van der Waals surface area contributed by atoms with Crippen LogP contribution in [0.1, 0.15) is 91.1 Å². The molecule has 4 fully saturated rings. The summed E-state index contributed by atoms with van der Waals surface area (Å²) < 4.78 is 11.9. The van der Waals surface area contributed by atoms with E-state index >= 15 is 0 Å². The molecular weight excluding hydrogens is 616 g/mol. The van der Waals surface area contributed by atoms with Gasteiger partial charge in [-0.15, -0.1) is 0 Å². The molecular formula is C38H32O10. The maximum Gasteiger partial charge on any atom is 0.336 e. The number of carboxylic acid groups (broad SMARTS) is 4. The molecule has 4 N–H and O–H groups in total. The highest BCUT2D eigenvalue weighted by molar-refractivity contribution is 6.02. The molecule has 4 aliphatic rings. The molecule has 0 radical (unpaired) electrons. The molecule has 4 aliphatic carbocycles. The van der Waals surface area contributed by atoms with Crippen LogP contribution < -0.4 is 9.47 Å². The van der Waals surface area contributed by atoms with Crippen LogP contribution in [0.4, 0.5) is 0 Å². The van der Waals surface area contributed by atoms with E-state index in [1.807, 2.05) is 24.3 Å². The van der Waals surface area contributed by atoms with E-state index in [1.54, 1.807) is 0 Å². The minimum absolute atomic E-state index is 0.0104. The zero-order chi connectivity index (χ0) is 33.8. The van der Waals surface area contributed by atoms with Gasteiger partial charge in [-0.3, -0.25) is 0 Å². The fourth-order valence-corrected chi connectivity index (χ4v) is 8.86. The molecule has 4 saturated carbocycles. The zero-order valence-corrected chi connectivity index (χ0v) is 25.7. The Kier molecular flexibility index (Phi) is 7.46. The minimum Gasteiger partial charge on any atom is -0.478 e. The highest BCUT2D eigenvalue weighted by Crippen LogP contribution is 2.66. The van der Waals surface area contributed by atoms with E-state index in [1.165, 1.54) is 53.9 Å². The van der Waals surface area contributed by atoms with E-state index in [0.29, 0.717) is 23.3 Å². The smallest absolute Gasteiger partial charge is 0.336 e. The molecule has 0 aromatic heterocycles. The van der Waals surface area contributed by atoms with Crippen molar-refractivity contribution in [1.29, 1.82) is 0 Å². The van der Waals surface area contributed by atoms with Crippen LogP contribution in [-0.4, -0.2) is 44.3 Å². The topological polar surface area (TPSA) is 168 Å². The number of benzene rings is 4. The van der Waals surface area contributed by atoms with Crippen LogP contribution in [0, 0.1) is 11.8 Å². The van der Waals surface area contributed by atoms with Crippen LogP contribution in [-0.2, 0) is 10.8 Å². The Morgan fingerprint density at radius 1 is 0.479 bits per heavy atom. The van der Waals surface area contributed by atoms with Crippen LogP contribution in [0.5, 0.6) is 23.0 Å². The first-order valence-corrected chi connectivity index (χ1v) is 15.7. The molecule has 0 saturated heterocycles. The number of ether oxygens (including phenoxy) is 2. The molecule has 0 amide bonds. The van der Waals surface area contributed by atoms with Gasteiger partial charge in [-0.05, 0) is 133 Å². The lowest BCUT2D eigenvalue weighted by molar-refractivity contribution is -0.0281. The largest absolute Gasteiger partial charge is 0.478 e. The van der Waals surface area contributed by atoms with E-state index < -0.39 is 23.9 Å². The molecule has 0 heterocycles. The lowest BCUT2D eigenvalue weighted by atomic mass is 9.42. The summed E-state index contributed by atoms with van der Waals surface area (Å²) >= 11 is 0. The van der Waals surface area contributed by atoms with Crippen molar-refractivity contribution in [3.8, 4) is 23.0 Å². The van der Waals surface area contributed by atoms with Crippen molar-refractivity contribution >= 4 is 23.9 Å². The van der Waals surface area contributed by atoms with Gasteiger partial charge < -0.3 is 29.9 Å². The SMILES string of the molecule is O=C(O)c1ccc(Oc2ccc(C34CC5CC(C3)CC(c3ccc(Oc6ccc(C(=O)O)c(C(=O)O)c6)cc3)(C5)C4)cc2)cc1C(=O)O. The van der Waals surface area contributed by atoms with Crippen molar-refractivity contribution in [3.05, 3.63) is 118 Å². The first-order chi connectivity index (χ1) is 22.9. The lowest BCUT2D eigenvalue weighted by Gasteiger charge is -2.62. The first-order valence-electron chi connectivity index (χ1n) is 15.7. The van der Waals surface area contributed by atoms with E-state index in [0.717, 1.165) is 32.1 Å². The van der Waals surface area contributed by atoms with Gasteiger partial charge >= 0.3 is 23.9 Å². The second-order valence-corrected chi connectivity index (χ2v) is 13.4. The summed E-state index contributed by atoms with van der Waals surface area (Å²) in [4.78, 5) is 46.0. The molecule has 0 aliphatic heterocycles. The van der Waals surface area contributed by atoms with Gasteiger partial charge in [-0.25, -0.2) is 19.2 Å². The summed E-state index contributed by atoms with van der Waals surface area (Å²) in [5.74, 6) is -2.58. The number of carbonyl (C=O) groups is 4. The Bertz CT molecular complexity index is 1810. The molecule has 0 atom stereocenters. The predicted octanol–water partition coefficient (Wildman–Crippen LogP) is 7.85. The van der Waals surface area contributed by atoms with Gasteiger partial charge in [0.05, 0.1) is 22.3 Å². The summed E-state index contributed by atoms with van der Waals surface area (Å²) in [5, 5.41) is 37.5. The Hall–Kier alpha value is -5.64. The van der Waals surface area contributed by atoms with Crippen LogP contribution in [0.2, 0.25) is 0 Å². The predicted molar refractivity (Wildman–Crippen MR) is 172 cm³/mol. The van der Waals surface area contributed by atoms with Crippen molar-refractivity contribution < 1.29 is 49.1 Å². The second kappa shape index (κ2) is 11.6. The molecule has 244 valence electrons. The van der Waals surface area contributed by atoms with Crippen LogP contribution in [0.3, 0.4) is 0 Å². The van der Waals surface area contributed by atoms with Crippen molar-refractivity contribution in [2.75, 3.05) is 0 Å². The molecule has 10 heteroatoms. The van der Waals surface area contributed by atoms with Gasteiger partial charge in [-0.2, -0.15) is 0 Å². The average Bonchev–Trinajstić information content (AvgIpc) is 3.04. The number of aromatic carboxylic acids is 4. The first kappa shape index (κ1) is 31.0. The van der Waals surface area contributed by atoms with Crippen LogP contribution in [0.25, 0.3) is 0 Å². The van der Waals surface area contributed by atoms with E-state index in [9.17, 15) is 39.6 Å². The summed E-state index contributed by atoms with van der Waals surface area (Å²) in [5.41, 5.74) is 1.25. The fourth-order valence-electron chi connectivity index (χ4n) is 8.86. The Labute approximate surface area is 275 Å². The van der Waals surface area contributed by atoms with Crippen LogP contribution in [0.15, 0.2) is 84.9 Å². The Balaban J connectivity index is 1.10. The van der Waals surface area contributed by atoms with Crippen molar-refractivity contribution in [2.24, 2.45) is 11.8 Å². The van der Waals surface area contributed by atoms with Gasteiger partial charge in [0.15, 0.2) is 0 Å². The third-order valence-corrected chi connectivity index (χ3v) is 10.4. The average molecular weight is 649 g/mol. The quantitative estimate of drug-likeness (QED) is 0.133. The molecule has 10 nitrogen and oxygen atoms in total. The molecule has 4 aromatic carbocycles. The maximum absolute atomic E-state index is 11.6. The minimum atomic E-state index is -1.34. The van der Waals surface area contributed by atoms with Gasteiger partial charge in [-0.1, -0.05) is 24.3 Å². The monoisotopic (exact) mass is 648 g/mol. The third-order valence-electron chi connectivity index (χ3n) is 10.4. The van der Waals surface area contributed by atoms with Gasteiger partial charge in [0.25, 0.3) is 0 Å². The number of rotatable bonds is 10. The van der Waals surface area contributed by atoms with Crippen LogP contribution >= 0.6 is 0 Å². The standard InChI is InChI=1S/C38H32O10/c39-33(40)29-11-9-27(14-31(29)35(43)44)47-25-5-1-23(2-6-25)37-16-21-13-22(17-37)19-38(18-21,20-37)24-3-7-26(8-4-24)48-28-10-12-30(34(41)42)32(15-28)36(45)46/h1-12,14-15,21-22H,13,16-20H2,(H,39,40)(H,41,42)(H,43,44)(H,45,46). The van der Waals surface area contributed by atoms with E-state index in [-0.39, 0.29) is 44.6 Å². The molecule has 0 unspecified atom stereocenters. The number of hydrogen-bond donors (Lipinski definition) is 4. The van der Waals surface area contributed by atoms with E-state index in [4.69, 9.17) is 9.47 Å². The highest BCUT2D eigenvalue weighted by Gasteiger charge is 2.58. The zero-order valence-electron chi connectivity index (χ0n) is 25.7. The normalized spacial score (nSPS) is 23.8. The maximum atomic E-state index is 11.6. The Morgan fingerprint density at radius 2 is 0.812 bits per heavy atom. The summed E-state index contributed by atoms with van der Waals surface area (Å²) in [6.07, 6.45) is 6.69. The Morgan fingerprint density at radius 3 is 1.15 bits per heavy atom. The molecule has 4 bridgehead atoms.